The van der Waals surface area contributed by atoms with Crippen molar-refractivity contribution in [1.29, 1.82) is 0 Å². The van der Waals surface area contributed by atoms with Gasteiger partial charge in [0, 0.05) is 23.6 Å². The summed E-state index contributed by atoms with van der Waals surface area (Å²) in [6.07, 6.45) is 6.28. The van der Waals surface area contributed by atoms with E-state index in [1.807, 2.05) is 53.9 Å². The maximum atomic E-state index is 12.4. The van der Waals surface area contributed by atoms with Crippen LogP contribution in [0.5, 0.6) is 5.75 Å². The lowest BCUT2D eigenvalue weighted by molar-refractivity contribution is -0.123. The number of fused-ring (bicyclic) bond motifs is 4. The minimum absolute atomic E-state index is 0.0629. The Morgan fingerprint density at radius 2 is 2.14 bits per heavy atom. The van der Waals surface area contributed by atoms with Gasteiger partial charge in [-0.05, 0) is 56.5 Å². The highest BCUT2D eigenvalue weighted by Crippen LogP contribution is 2.33. The maximum absolute atomic E-state index is 12.4. The number of benzene rings is 1. The number of amides is 1. The molecule has 0 radical (unpaired) electrons. The molecule has 5 rings (SSSR count). The second kappa shape index (κ2) is 7.24. The van der Waals surface area contributed by atoms with E-state index in [1.54, 1.807) is 0 Å². The van der Waals surface area contributed by atoms with Crippen molar-refractivity contribution in [3.63, 3.8) is 0 Å². The standard InChI is InChI=1S/C22H22N4O3/c1-14(22-25-24-20-8-4-5-11-26(20)22)23-21(27)13-28-15-9-10-19-17(12-15)16-6-2-3-7-18(16)29-19/h4-5,8-12,14H,2-3,6-7,13H2,1H3,(H,23,27). The van der Waals surface area contributed by atoms with E-state index in [-0.39, 0.29) is 18.6 Å². The lowest BCUT2D eigenvalue weighted by atomic mass is 9.96. The van der Waals surface area contributed by atoms with Gasteiger partial charge >= 0.3 is 0 Å². The van der Waals surface area contributed by atoms with Crippen molar-refractivity contribution in [2.24, 2.45) is 0 Å². The molecular formula is C22H22N4O3. The van der Waals surface area contributed by atoms with E-state index >= 15 is 0 Å². The minimum atomic E-state index is -0.285. The second-order valence-corrected chi connectivity index (χ2v) is 7.43. The van der Waals surface area contributed by atoms with E-state index in [4.69, 9.17) is 9.15 Å². The highest BCUT2D eigenvalue weighted by atomic mass is 16.5. The van der Waals surface area contributed by atoms with Crippen LogP contribution in [0.15, 0.2) is 47.0 Å². The molecule has 7 heteroatoms. The van der Waals surface area contributed by atoms with Crippen LogP contribution in [-0.2, 0) is 17.6 Å². The van der Waals surface area contributed by atoms with Crippen molar-refractivity contribution in [1.82, 2.24) is 19.9 Å². The molecule has 1 aromatic carbocycles. The fourth-order valence-electron chi connectivity index (χ4n) is 3.98. The number of nitrogens with zero attached hydrogens (tertiary/aromatic N) is 3. The van der Waals surface area contributed by atoms with Crippen molar-refractivity contribution < 1.29 is 13.9 Å². The summed E-state index contributed by atoms with van der Waals surface area (Å²) < 4.78 is 13.6. The molecule has 0 saturated carbocycles. The maximum Gasteiger partial charge on any atom is 0.258 e. The first kappa shape index (κ1) is 17.7. The molecule has 1 aliphatic carbocycles. The van der Waals surface area contributed by atoms with Crippen molar-refractivity contribution in [2.75, 3.05) is 6.61 Å². The summed E-state index contributed by atoms with van der Waals surface area (Å²) in [4.78, 5) is 12.4. The molecule has 1 aliphatic rings. The zero-order valence-electron chi connectivity index (χ0n) is 16.2. The molecule has 1 unspecified atom stereocenters. The summed E-state index contributed by atoms with van der Waals surface area (Å²) in [5, 5.41) is 12.3. The van der Waals surface area contributed by atoms with E-state index in [0.29, 0.717) is 11.6 Å². The number of aryl methyl sites for hydroxylation is 2. The Labute approximate surface area is 167 Å². The fraction of sp³-hybridized carbons (Fsp3) is 0.318. The molecule has 148 valence electrons. The van der Waals surface area contributed by atoms with Crippen LogP contribution in [0.4, 0.5) is 0 Å². The molecule has 3 aromatic heterocycles. The van der Waals surface area contributed by atoms with Crippen molar-refractivity contribution in [2.45, 2.75) is 38.6 Å². The predicted molar refractivity (Wildman–Crippen MR) is 108 cm³/mol. The van der Waals surface area contributed by atoms with Crippen LogP contribution < -0.4 is 10.1 Å². The normalized spacial score (nSPS) is 14.7. The zero-order valence-corrected chi connectivity index (χ0v) is 16.2. The van der Waals surface area contributed by atoms with Gasteiger partial charge in [-0.1, -0.05) is 6.07 Å². The number of aromatic nitrogens is 3. The largest absolute Gasteiger partial charge is 0.484 e. The summed E-state index contributed by atoms with van der Waals surface area (Å²) in [5.41, 5.74) is 2.92. The summed E-state index contributed by atoms with van der Waals surface area (Å²) in [7, 11) is 0. The molecule has 7 nitrogen and oxygen atoms in total. The van der Waals surface area contributed by atoms with Crippen molar-refractivity contribution in [3.8, 4) is 5.75 Å². The van der Waals surface area contributed by atoms with Gasteiger partial charge in [-0.2, -0.15) is 0 Å². The fourth-order valence-corrected chi connectivity index (χ4v) is 3.98. The number of carbonyl (C=O) groups is 1. The molecule has 0 spiro atoms. The number of carbonyl (C=O) groups excluding carboxylic acids is 1. The quantitative estimate of drug-likeness (QED) is 0.563. The van der Waals surface area contributed by atoms with Gasteiger partial charge in [-0.25, -0.2) is 0 Å². The van der Waals surface area contributed by atoms with Crippen molar-refractivity contribution >= 4 is 22.5 Å². The first-order valence-corrected chi connectivity index (χ1v) is 9.95. The third-order valence-electron chi connectivity index (χ3n) is 5.40. The second-order valence-electron chi connectivity index (χ2n) is 7.43. The summed E-state index contributed by atoms with van der Waals surface area (Å²) >= 11 is 0. The number of hydrogen-bond acceptors (Lipinski definition) is 5. The number of pyridine rings is 1. The van der Waals surface area contributed by atoms with Crippen LogP contribution >= 0.6 is 0 Å². The molecule has 0 saturated heterocycles. The summed E-state index contributed by atoms with van der Waals surface area (Å²) in [6.45, 7) is 1.82. The van der Waals surface area contributed by atoms with Gasteiger partial charge in [0.1, 0.15) is 17.1 Å². The van der Waals surface area contributed by atoms with Crippen LogP contribution in [0.3, 0.4) is 0 Å². The van der Waals surface area contributed by atoms with Crippen LogP contribution in [0.1, 0.15) is 43.0 Å². The highest BCUT2D eigenvalue weighted by Gasteiger charge is 2.19. The molecule has 29 heavy (non-hydrogen) atoms. The molecule has 4 aromatic rings. The van der Waals surface area contributed by atoms with E-state index < -0.39 is 0 Å². The third-order valence-corrected chi connectivity index (χ3v) is 5.40. The Morgan fingerprint density at radius 1 is 1.24 bits per heavy atom. The van der Waals surface area contributed by atoms with Gasteiger partial charge < -0.3 is 14.5 Å². The van der Waals surface area contributed by atoms with Crippen LogP contribution in [0, 0.1) is 0 Å². The molecule has 0 aliphatic heterocycles. The highest BCUT2D eigenvalue weighted by molar-refractivity contribution is 5.84. The number of furan rings is 1. The SMILES string of the molecule is CC(NC(=O)COc1ccc2oc3c(c2c1)CCCC3)c1nnc2ccccn12. The molecule has 1 atom stereocenters. The first-order chi connectivity index (χ1) is 14.2. The van der Waals surface area contributed by atoms with Gasteiger partial charge in [0.05, 0.1) is 6.04 Å². The monoisotopic (exact) mass is 390 g/mol. The average molecular weight is 390 g/mol. The topological polar surface area (TPSA) is 81.7 Å². The molecule has 0 bridgehead atoms. The summed E-state index contributed by atoms with van der Waals surface area (Å²) in [6, 6.07) is 11.1. The molecule has 1 amide bonds. The van der Waals surface area contributed by atoms with E-state index in [9.17, 15) is 4.79 Å². The van der Waals surface area contributed by atoms with E-state index in [0.717, 1.165) is 35.2 Å². The zero-order chi connectivity index (χ0) is 19.8. The van der Waals surface area contributed by atoms with Gasteiger partial charge in [-0.15, -0.1) is 10.2 Å². The number of ether oxygens (including phenoxy) is 1. The first-order valence-electron chi connectivity index (χ1n) is 9.95. The molecule has 0 fully saturated rings. The Hall–Kier alpha value is -3.35. The van der Waals surface area contributed by atoms with Gasteiger partial charge in [-0.3, -0.25) is 9.20 Å². The summed E-state index contributed by atoms with van der Waals surface area (Å²) in [5.74, 6) is 2.23. The molecule has 3 heterocycles. The van der Waals surface area contributed by atoms with Gasteiger partial charge in [0.25, 0.3) is 5.91 Å². The average Bonchev–Trinajstić information content (AvgIpc) is 3.33. The van der Waals surface area contributed by atoms with Gasteiger partial charge in [0.2, 0.25) is 0 Å². The Kier molecular flexibility index (Phi) is 4.42. The number of hydrogen-bond donors (Lipinski definition) is 1. The van der Waals surface area contributed by atoms with Gasteiger partial charge in [0.15, 0.2) is 18.1 Å². The molecular weight excluding hydrogens is 368 g/mol. The lowest BCUT2D eigenvalue weighted by Gasteiger charge is -2.13. The van der Waals surface area contributed by atoms with Crippen LogP contribution in [0.25, 0.3) is 16.6 Å². The minimum Gasteiger partial charge on any atom is -0.484 e. The van der Waals surface area contributed by atoms with Crippen LogP contribution in [-0.4, -0.2) is 27.1 Å². The number of rotatable bonds is 5. The predicted octanol–water partition coefficient (Wildman–Crippen LogP) is 3.61. The Bertz CT molecular complexity index is 1190. The van der Waals surface area contributed by atoms with E-state index in [2.05, 4.69) is 15.5 Å². The smallest absolute Gasteiger partial charge is 0.258 e. The van der Waals surface area contributed by atoms with Crippen LogP contribution in [0.2, 0.25) is 0 Å². The Balaban J connectivity index is 1.25. The van der Waals surface area contributed by atoms with E-state index in [1.165, 1.54) is 18.4 Å². The Morgan fingerprint density at radius 3 is 3.07 bits per heavy atom. The number of nitrogens with one attached hydrogen (secondary N) is 1. The van der Waals surface area contributed by atoms with Crippen molar-refractivity contribution in [3.05, 3.63) is 59.7 Å². The molecule has 1 N–H and O–H groups in total. The third kappa shape index (κ3) is 3.33. The lowest BCUT2D eigenvalue weighted by Crippen LogP contribution is -2.32.